The van der Waals surface area contributed by atoms with Gasteiger partial charge in [0.05, 0.1) is 6.04 Å². The van der Waals surface area contributed by atoms with E-state index < -0.39 is 18.4 Å². The first-order valence-corrected chi connectivity index (χ1v) is 6.78. The van der Waals surface area contributed by atoms with Crippen LogP contribution in [0.2, 0.25) is 0 Å². The second-order valence-electron chi connectivity index (χ2n) is 4.92. The molecular weight excluding hydrogens is 327 g/mol. The number of esters is 1. The summed E-state index contributed by atoms with van der Waals surface area (Å²) in [6.07, 6.45) is -4.76. The third kappa shape index (κ3) is 4.63. The van der Waals surface area contributed by atoms with Crippen LogP contribution in [0.1, 0.15) is 24.1 Å². The minimum Gasteiger partial charge on any atom is -0.504 e. The second-order valence-corrected chi connectivity index (χ2v) is 4.92. The highest BCUT2D eigenvalue weighted by atomic mass is 19.4. The molecule has 0 saturated heterocycles. The molecule has 8 heteroatoms. The van der Waals surface area contributed by atoms with Crippen molar-refractivity contribution in [1.29, 1.82) is 0 Å². The molecule has 5 nitrogen and oxygen atoms in total. The third-order valence-electron chi connectivity index (χ3n) is 3.07. The number of benzene rings is 2. The number of hydrogen-bond donors (Lipinski definition) is 2. The molecule has 1 atom stereocenters. The van der Waals surface area contributed by atoms with E-state index in [1.54, 1.807) is 6.07 Å². The molecule has 2 aromatic rings. The Bertz CT molecular complexity index is 729. The average molecular weight is 341 g/mol. The summed E-state index contributed by atoms with van der Waals surface area (Å²) in [4.78, 5) is 10.9. The maximum atomic E-state index is 12.1. The molecule has 0 aliphatic rings. The van der Waals surface area contributed by atoms with Crippen LogP contribution in [0.5, 0.6) is 17.2 Å². The predicted octanol–water partition coefficient (Wildman–Crippen LogP) is 3.26. The molecule has 0 fully saturated rings. The largest absolute Gasteiger partial charge is 0.573 e. The van der Waals surface area contributed by atoms with Gasteiger partial charge in [-0.05, 0) is 35.4 Å². The van der Waals surface area contributed by atoms with Gasteiger partial charge in [0.2, 0.25) is 0 Å². The van der Waals surface area contributed by atoms with Crippen molar-refractivity contribution < 1.29 is 32.5 Å². The molecule has 0 bridgehead atoms. The number of nitrogens with two attached hydrogens (primary N) is 1. The Morgan fingerprint density at radius 2 is 1.71 bits per heavy atom. The van der Waals surface area contributed by atoms with E-state index in [0.717, 1.165) is 12.1 Å². The number of phenolic OH excluding ortho intramolecular Hbond substituents is 1. The van der Waals surface area contributed by atoms with Crippen molar-refractivity contribution in [2.45, 2.75) is 19.3 Å². The highest BCUT2D eigenvalue weighted by Gasteiger charge is 2.31. The van der Waals surface area contributed by atoms with E-state index in [1.165, 1.54) is 31.2 Å². The molecule has 2 aromatic carbocycles. The number of halogens is 3. The lowest BCUT2D eigenvalue weighted by Gasteiger charge is -2.15. The van der Waals surface area contributed by atoms with Gasteiger partial charge in [-0.25, -0.2) is 0 Å². The van der Waals surface area contributed by atoms with E-state index in [2.05, 4.69) is 4.74 Å². The summed E-state index contributed by atoms with van der Waals surface area (Å²) in [5, 5.41) is 9.83. The van der Waals surface area contributed by atoms with Crippen molar-refractivity contribution in [2.75, 3.05) is 0 Å². The van der Waals surface area contributed by atoms with Crippen molar-refractivity contribution in [3.05, 3.63) is 53.6 Å². The monoisotopic (exact) mass is 341 g/mol. The Morgan fingerprint density at radius 1 is 1.12 bits per heavy atom. The zero-order valence-electron chi connectivity index (χ0n) is 12.5. The van der Waals surface area contributed by atoms with E-state index in [9.17, 15) is 23.1 Å². The van der Waals surface area contributed by atoms with Crippen molar-refractivity contribution in [1.82, 2.24) is 0 Å². The molecule has 0 amide bonds. The number of carbonyl (C=O) groups excluding carboxylic acids is 1. The summed E-state index contributed by atoms with van der Waals surface area (Å²) in [5.74, 6) is -1.21. The Balaban J connectivity index is 2.18. The predicted molar refractivity (Wildman–Crippen MR) is 78.6 cm³/mol. The molecule has 0 unspecified atom stereocenters. The fraction of sp³-hybridized carbons (Fsp3) is 0.188. The highest BCUT2D eigenvalue weighted by Crippen LogP contribution is 2.31. The first kappa shape index (κ1) is 17.6. The molecule has 0 heterocycles. The van der Waals surface area contributed by atoms with Crippen LogP contribution in [0, 0.1) is 0 Å². The number of hydrogen-bond acceptors (Lipinski definition) is 5. The number of rotatable bonds is 4. The lowest BCUT2D eigenvalue weighted by atomic mass is 9.99. The van der Waals surface area contributed by atoms with E-state index >= 15 is 0 Å². The molecule has 0 aliphatic carbocycles. The third-order valence-corrected chi connectivity index (χ3v) is 3.07. The molecule has 128 valence electrons. The van der Waals surface area contributed by atoms with Crippen molar-refractivity contribution in [3.8, 4) is 17.2 Å². The normalized spacial score (nSPS) is 12.5. The van der Waals surface area contributed by atoms with Gasteiger partial charge >= 0.3 is 12.3 Å². The van der Waals surface area contributed by atoms with Crippen LogP contribution < -0.4 is 15.2 Å². The Kier molecular flexibility index (Phi) is 4.99. The summed E-state index contributed by atoms with van der Waals surface area (Å²) in [5.41, 5.74) is 7.04. The topological polar surface area (TPSA) is 81.8 Å². The average Bonchev–Trinajstić information content (AvgIpc) is 2.47. The van der Waals surface area contributed by atoms with Gasteiger partial charge in [0, 0.05) is 6.92 Å². The van der Waals surface area contributed by atoms with Crippen molar-refractivity contribution in [2.24, 2.45) is 5.73 Å². The number of phenols is 1. The Hall–Kier alpha value is -2.74. The highest BCUT2D eigenvalue weighted by molar-refractivity contribution is 5.70. The van der Waals surface area contributed by atoms with Gasteiger partial charge in [0.1, 0.15) is 5.75 Å². The van der Waals surface area contributed by atoms with Crippen LogP contribution >= 0.6 is 0 Å². The number of alkyl halides is 3. The second kappa shape index (κ2) is 6.79. The standard InChI is InChI=1S/C16H14F3NO4/c1-9(21)23-14-7-4-11(8-13(14)22)15(20)10-2-5-12(6-3-10)24-16(17,18)19/h2-8,15,22H,20H2,1H3/t15-/m0/s1. The lowest BCUT2D eigenvalue weighted by molar-refractivity contribution is -0.274. The van der Waals surface area contributed by atoms with E-state index in [1.807, 2.05) is 0 Å². The number of carbonyl (C=O) groups is 1. The molecular formula is C16H14F3NO4. The molecule has 0 spiro atoms. The van der Waals surface area contributed by atoms with Crippen LogP contribution in [-0.4, -0.2) is 17.4 Å². The maximum Gasteiger partial charge on any atom is 0.573 e. The molecule has 0 aromatic heterocycles. The fourth-order valence-corrected chi connectivity index (χ4v) is 2.04. The van der Waals surface area contributed by atoms with Gasteiger partial charge in [0.25, 0.3) is 0 Å². The van der Waals surface area contributed by atoms with Crippen LogP contribution in [0.3, 0.4) is 0 Å². The Labute approximate surface area is 135 Å². The van der Waals surface area contributed by atoms with E-state index in [4.69, 9.17) is 10.5 Å². The summed E-state index contributed by atoms with van der Waals surface area (Å²) < 4.78 is 45.0. The first-order valence-electron chi connectivity index (χ1n) is 6.78. The van der Waals surface area contributed by atoms with E-state index in [0.29, 0.717) is 11.1 Å². The summed E-state index contributed by atoms with van der Waals surface area (Å²) in [6.45, 7) is 1.20. The maximum absolute atomic E-state index is 12.1. The molecule has 3 N–H and O–H groups in total. The molecule has 2 rings (SSSR count). The van der Waals surface area contributed by atoms with Gasteiger partial charge in [-0.3, -0.25) is 4.79 Å². The van der Waals surface area contributed by atoms with Crippen LogP contribution in [-0.2, 0) is 4.79 Å². The quantitative estimate of drug-likeness (QED) is 0.659. The van der Waals surface area contributed by atoms with Crippen LogP contribution in [0.25, 0.3) is 0 Å². The smallest absolute Gasteiger partial charge is 0.504 e. The van der Waals surface area contributed by atoms with Gasteiger partial charge in [-0.1, -0.05) is 18.2 Å². The number of ether oxygens (including phenoxy) is 2. The van der Waals surface area contributed by atoms with Gasteiger partial charge < -0.3 is 20.3 Å². The molecule has 0 radical (unpaired) electrons. The molecule has 0 saturated carbocycles. The van der Waals surface area contributed by atoms with E-state index in [-0.39, 0.29) is 17.2 Å². The zero-order valence-corrected chi connectivity index (χ0v) is 12.5. The minimum absolute atomic E-state index is 0.00706. The van der Waals surface area contributed by atoms with Crippen molar-refractivity contribution >= 4 is 5.97 Å². The zero-order chi connectivity index (χ0) is 17.9. The summed E-state index contributed by atoms with van der Waals surface area (Å²) in [7, 11) is 0. The first-order chi connectivity index (χ1) is 11.2. The van der Waals surface area contributed by atoms with Crippen molar-refractivity contribution in [3.63, 3.8) is 0 Å². The summed E-state index contributed by atoms with van der Waals surface area (Å²) >= 11 is 0. The summed E-state index contributed by atoms with van der Waals surface area (Å²) in [6, 6.07) is 8.64. The van der Waals surface area contributed by atoms with Crippen LogP contribution in [0.4, 0.5) is 13.2 Å². The van der Waals surface area contributed by atoms with Gasteiger partial charge in [-0.2, -0.15) is 0 Å². The fourth-order valence-electron chi connectivity index (χ4n) is 2.04. The number of aromatic hydroxyl groups is 1. The van der Waals surface area contributed by atoms with Crippen LogP contribution in [0.15, 0.2) is 42.5 Å². The lowest BCUT2D eigenvalue weighted by Crippen LogP contribution is -2.17. The molecule has 24 heavy (non-hydrogen) atoms. The Morgan fingerprint density at radius 3 is 2.21 bits per heavy atom. The molecule has 0 aliphatic heterocycles. The van der Waals surface area contributed by atoms with Gasteiger partial charge in [-0.15, -0.1) is 13.2 Å². The minimum atomic E-state index is -4.76. The van der Waals surface area contributed by atoms with Gasteiger partial charge in [0.15, 0.2) is 11.5 Å². The SMILES string of the molecule is CC(=O)Oc1ccc([C@@H](N)c2ccc(OC(F)(F)F)cc2)cc1O.